The summed E-state index contributed by atoms with van der Waals surface area (Å²) in [7, 11) is 0. The Balaban J connectivity index is 2.24. The Hall–Kier alpha value is -0.720. The zero-order valence-electron chi connectivity index (χ0n) is 7.85. The van der Waals surface area contributed by atoms with Gasteiger partial charge in [-0.1, -0.05) is 29.9 Å². The molecule has 0 spiro atoms. The van der Waals surface area contributed by atoms with Crippen molar-refractivity contribution in [3.63, 3.8) is 0 Å². The molecule has 78 valence electrons. The number of aromatic nitrogens is 4. The van der Waals surface area contributed by atoms with Crippen molar-refractivity contribution in [2.24, 2.45) is 0 Å². The van der Waals surface area contributed by atoms with Gasteiger partial charge in [0.1, 0.15) is 21.5 Å². The van der Waals surface area contributed by atoms with Crippen molar-refractivity contribution in [3.05, 3.63) is 22.6 Å². The molecule has 0 fully saturated rings. The Bertz CT molecular complexity index is 446. The van der Waals surface area contributed by atoms with Crippen LogP contribution in [0.4, 0.5) is 0 Å². The molecule has 2 aromatic rings. The Morgan fingerprint density at radius 2 is 2.33 bits per heavy atom. The first-order chi connectivity index (χ1) is 7.28. The van der Waals surface area contributed by atoms with Crippen LogP contribution >= 0.6 is 34.7 Å². The van der Waals surface area contributed by atoms with Crippen LogP contribution in [0.1, 0.15) is 12.7 Å². The fraction of sp³-hybridized carbons (Fsp3) is 0.250. The fourth-order valence-corrected chi connectivity index (χ4v) is 2.66. The van der Waals surface area contributed by atoms with E-state index < -0.39 is 0 Å². The van der Waals surface area contributed by atoms with Gasteiger partial charge < -0.3 is 0 Å². The molecule has 2 rings (SSSR count). The van der Waals surface area contributed by atoms with Crippen LogP contribution in [-0.2, 0) is 6.42 Å². The number of nitrogens with zero attached hydrogens (tertiary/aromatic N) is 4. The molecule has 0 amide bonds. The van der Waals surface area contributed by atoms with Crippen LogP contribution < -0.4 is 0 Å². The average Bonchev–Trinajstić information content (AvgIpc) is 2.69. The lowest BCUT2D eigenvalue weighted by Crippen LogP contribution is -1.94. The molecule has 0 aliphatic carbocycles. The van der Waals surface area contributed by atoms with Crippen molar-refractivity contribution in [2.75, 3.05) is 0 Å². The van der Waals surface area contributed by atoms with Gasteiger partial charge in [-0.25, -0.2) is 9.97 Å². The minimum Gasteiger partial charge on any atom is -0.226 e. The first-order valence-corrected chi connectivity index (χ1v) is 6.33. The molecule has 4 nitrogen and oxygen atoms in total. The summed E-state index contributed by atoms with van der Waals surface area (Å²) in [6.07, 6.45) is 0.768. The van der Waals surface area contributed by atoms with Gasteiger partial charge in [-0.05, 0) is 11.8 Å². The molecular formula is C8H7ClN4S2. The zero-order chi connectivity index (χ0) is 10.7. The van der Waals surface area contributed by atoms with Gasteiger partial charge in [0, 0.05) is 12.5 Å². The second kappa shape index (κ2) is 4.87. The predicted molar refractivity (Wildman–Crippen MR) is 60.5 cm³/mol. The molecule has 0 aromatic carbocycles. The average molecular weight is 259 g/mol. The molecule has 15 heavy (non-hydrogen) atoms. The maximum Gasteiger partial charge on any atom is 0.180 e. The van der Waals surface area contributed by atoms with E-state index in [9.17, 15) is 0 Å². The minimum atomic E-state index is 0.467. The standard InChI is InChI=1S/C8H7ClN4S2/c1-2-6-11-5(9)3-7(12-6)15-8-13-10-4-14-8/h3-4H,2H2,1H3. The highest BCUT2D eigenvalue weighted by molar-refractivity contribution is 8.00. The zero-order valence-corrected chi connectivity index (χ0v) is 10.2. The van der Waals surface area contributed by atoms with Crippen LogP contribution in [0, 0.1) is 0 Å². The van der Waals surface area contributed by atoms with Gasteiger partial charge in [-0.15, -0.1) is 10.2 Å². The van der Waals surface area contributed by atoms with E-state index in [2.05, 4.69) is 20.2 Å². The summed E-state index contributed by atoms with van der Waals surface area (Å²) in [5.74, 6) is 0.745. The molecule has 0 N–H and O–H groups in total. The van der Waals surface area contributed by atoms with E-state index in [0.717, 1.165) is 21.6 Å². The van der Waals surface area contributed by atoms with Gasteiger partial charge in [0.05, 0.1) is 0 Å². The normalized spacial score (nSPS) is 10.5. The van der Waals surface area contributed by atoms with Gasteiger partial charge in [0.2, 0.25) is 0 Å². The van der Waals surface area contributed by atoms with E-state index in [1.54, 1.807) is 11.6 Å². The van der Waals surface area contributed by atoms with Crippen LogP contribution in [0.25, 0.3) is 0 Å². The first-order valence-electron chi connectivity index (χ1n) is 4.25. The van der Waals surface area contributed by atoms with Gasteiger partial charge in [0.15, 0.2) is 4.34 Å². The van der Waals surface area contributed by atoms with E-state index in [-0.39, 0.29) is 0 Å². The third-order valence-electron chi connectivity index (χ3n) is 1.57. The molecule has 2 heterocycles. The van der Waals surface area contributed by atoms with Crippen molar-refractivity contribution in [3.8, 4) is 0 Å². The summed E-state index contributed by atoms with van der Waals surface area (Å²) < 4.78 is 0.854. The van der Waals surface area contributed by atoms with Crippen LogP contribution in [0.15, 0.2) is 20.9 Å². The lowest BCUT2D eigenvalue weighted by Gasteiger charge is -2.00. The van der Waals surface area contributed by atoms with Crippen molar-refractivity contribution >= 4 is 34.7 Å². The summed E-state index contributed by atoms with van der Waals surface area (Å²) >= 11 is 8.79. The molecule has 0 atom stereocenters. The largest absolute Gasteiger partial charge is 0.226 e. The highest BCUT2D eigenvalue weighted by Crippen LogP contribution is 2.28. The molecule has 0 bridgehead atoms. The van der Waals surface area contributed by atoms with E-state index >= 15 is 0 Å². The van der Waals surface area contributed by atoms with Gasteiger partial charge >= 0.3 is 0 Å². The van der Waals surface area contributed by atoms with Crippen molar-refractivity contribution in [1.82, 2.24) is 20.2 Å². The molecule has 7 heteroatoms. The third-order valence-corrected chi connectivity index (χ3v) is 3.46. The highest BCUT2D eigenvalue weighted by atomic mass is 35.5. The second-order valence-corrected chi connectivity index (χ2v) is 5.09. The van der Waals surface area contributed by atoms with Crippen molar-refractivity contribution < 1.29 is 0 Å². The number of hydrogen-bond donors (Lipinski definition) is 0. The summed E-state index contributed by atoms with van der Waals surface area (Å²) in [5, 5.41) is 8.95. The summed E-state index contributed by atoms with van der Waals surface area (Å²) in [6, 6.07) is 1.73. The second-order valence-electron chi connectivity index (χ2n) is 2.61. The molecular weight excluding hydrogens is 252 g/mol. The summed E-state index contributed by atoms with van der Waals surface area (Å²) in [4.78, 5) is 8.42. The molecule has 0 aliphatic heterocycles. The minimum absolute atomic E-state index is 0.467. The van der Waals surface area contributed by atoms with Crippen molar-refractivity contribution in [2.45, 2.75) is 22.7 Å². The molecule has 0 saturated heterocycles. The van der Waals surface area contributed by atoms with Crippen LogP contribution in [0.3, 0.4) is 0 Å². The first kappa shape index (κ1) is 10.8. The van der Waals surface area contributed by atoms with Gasteiger partial charge in [-0.2, -0.15) is 0 Å². The van der Waals surface area contributed by atoms with E-state index in [4.69, 9.17) is 11.6 Å². The molecule has 0 radical (unpaired) electrons. The number of rotatable bonds is 3. The molecule has 0 unspecified atom stereocenters. The Kier molecular flexibility index (Phi) is 3.50. The molecule has 0 saturated carbocycles. The smallest absolute Gasteiger partial charge is 0.180 e. The number of halogens is 1. The third kappa shape index (κ3) is 2.87. The predicted octanol–water partition coefficient (Wildman–Crippen LogP) is 2.70. The SMILES string of the molecule is CCc1nc(Cl)cc(Sc2nncs2)n1. The fourth-order valence-electron chi connectivity index (χ4n) is 0.949. The molecule has 0 aliphatic rings. The Morgan fingerprint density at radius 3 is 3.00 bits per heavy atom. The maximum absolute atomic E-state index is 5.87. The quantitative estimate of drug-likeness (QED) is 0.793. The van der Waals surface area contributed by atoms with Gasteiger partial charge in [-0.3, -0.25) is 0 Å². The van der Waals surface area contributed by atoms with Crippen LogP contribution in [0.5, 0.6) is 0 Å². The number of hydrogen-bond acceptors (Lipinski definition) is 6. The van der Waals surface area contributed by atoms with E-state index in [0.29, 0.717) is 5.15 Å². The van der Waals surface area contributed by atoms with E-state index in [1.165, 1.54) is 23.1 Å². The lowest BCUT2D eigenvalue weighted by molar-refractivity contribution is 0.887. The highest BCUT2D eigenvalue weighted by Gasteiger charge is 2.05. The van der Waals surface area contributed by atoms with Crippen LogP contribution in [-0.4, -0.2) is 20.2 Å². The topological polar surface area (TPSA) is 51.6 Å². The summed E-state index contributed by atoms with van der Waals surface area (Å²) in [6.45, 7) is 1.99. The Morgan fingerprint density at radius 1 is 1.47 bits per heavy atom. The maximum atomic E-state index is 5.87. The van der Waals surface area contributed by atoms with Gasteiger partial charge in [0.25, 0.3) is 0 Å². The summed E-state index contributed by atoms with van der Waals surface area (Å²) in [5.41, 5.74) is 1.69. The monoisotopic (exact) mass is 258 g/mol. The Labute approximate surface area is 100 Å². The van der Waals surface area contributed by atoms with Crippen LogP contribution in [0.2, 0.25) is 5.15 Å². The number of aryl methyl sites for hydroxylation is 1. The lowest BCUT2D eigenvalue weighted by atomic mass is 10.4. The molecule has 2 aromatic heterocycles. The van der Waals surface area contributed by atoms with Crippen molar-refractivity contribution in [1.29, 1.82) is 0 Å². The van der Waals surface area contributed by atoms with E-state index in [1.807, 2.05) is 6.92 Å².